The molecule has 1 aromatic heterocycles. The fourth-order valence-corrected chi connectivity index (χ4v) is 2.29. The van der Waals surface area contributed by atoms with Gasteiger partial charge in [0, 0.05) is 5.56 Å². The molecule has 0 radical (unpaired) electrons. The highest BCUT2D eigenvalue weighted by Gasteiger charge is 2.12. The largest absolute Gasteiger partial charge is 0.232 e. The summed E-state index contributed by atoms with van der Waals surface area (Å²) in [6.45, 7) is 1.96. The Morgan fingerprint density at radius 3 is 2.61 bits per heavy atom. The number of rotatable bonds is 2. The van der Waals surface area contributed by atoms with Crippen LogP contribution in [0, 0.1) is 5.82 Å². The van der Waals surface area contributed by atoms with Crippen LogP contribution in [0.1, 0.15) is 12.6 Å². The number of nitrogens with zero attached hydrogens (tertiary/aromatic N) is 2. The van der Waals surface area contributed by atoms with Crippen molar-refractivity contribution in [1.29, 1.82) is 0 Å². The van der Waals surface area contributed by atoms with E-state index in [9.17, 15) is 4.39 Å². The van der Waals surface area contributed by atoms with Crippen molar-refractivity contribution in [2.75, 3.05) is 0 Å². The molecule has 94 valence electrons. The third-order valence-corrected chi connectivity index (χ3v) is 4.02. The molecule has 0 saturated carbocycles. The number of hydrogen-bond acceptors (Lipinski definition) is 2. The van der Waals surface area contributed by atoms with E-state index in [-0.39, 0.29) is 5.02 Å². The monoisotopic (exact) mass is 348 g/mol. The SMILES string of the molecule is CCc1nc(-c2ccc(F)c(Cl)c2)nc(Cl)c1Br. The van der Waals surface area contributed by atoms with Crippen LogP contribution in [-0.2, 0) is 6.42 Å². The van der Waals surface area contributed by atoms with Crippen LogP contribution in [-0.4, -0.2) is 9.97 Å². The zero-order valence-electron chi connectivity index (χ0n) is 9.35. The molecule has 6 heteroatoms. The second-order valence-electron chi connectivity index (χ2n) is 3.58. The number of hydrogen-bond donors (Lipinski definition) is 0. The zero-order chi connectivity index (χ0) is 13.3. The fraction of sp³-hybridized carbons (Fsp3) is 0.167. The maximum Gasteiger partial charge on any atom is 0.161 e. The maximum absolute atomic E-state index is 13.1. The number of halogens is 4. The van der Waals surface area contributed by atoms with Crippen LogP contribution >= 0.6 is 39.1 Å². The minimum atomic E-state index is -0.473. The molecule has 0 fully saturated rings. The Morgan fingerprint density at radius 2 is 2.00 bits per heavy atom. The molecule has 0 aliphatic rings. The summed E-state index contributed by atoms with van der Waals surface area (Å²) in [5, 5.41) is 0.366. The summed E-state index contributed by atoms with van der Waals surface area (Å²) in [5.41, 5.74) is 1.43. The average Bonchev–Trinajstić information content (AvgIpc) is 2.36. The lowest BCUT2D eigenvalue weighted by atomic mass is 10.2. The summed E-state index contributed by atoms with van der Waals surface area (Å²) >= 11 is 15.1. The van der Waals surface area contributed by atoms with Crippen LogP contribution in [0.5, 0.6) is 0 Å². The topological polar surface area (TPSA) is 25.8 Å². The highest BCUT2D eigenvalue weighted by Crippen LogP contribution is 2.28. The lowest BCUT2D eigenvalue weighted by Gasteiger charge is -2.07. The Morgan fingerprint density at radius 1 is 1.28 bits per heavy atom. The molecule has 0 amide bonds. The third kappa shape index (κ3) is 2.66. The molecule has 2 aromatic rings. The highest BCUT2D eigenvalue weighted by molar-refractivity contribution is 9.10. The van der Waals surface area contributed by atoms with E-state index in [2.05, 4.69) is 25.9 Å². The first kappa shape index (κ1) is 13.7. The van der Waals surface area contributed by atoms with Crippen molar-refractivity contribution in [3.8, 4) is 11.4 Å². The van der Waals surface area contributed by atoms with Gasteiger partial charge in [0.05, 0.1) is 15.2 Å². The second-order valence-corrected chi connectivity index (χ2v) is 5.14. The Kier molecular flexibility index (Phi) is 4.20. The predicted octanol–water partition coefficient (Wildman–Crippen LogP) is 4.91. The Labute approximate surface area is 122 Å². The normalized spacial score (nSPS) is 10.7. The minimum Gasteiger partial charge on any atom is -0.232 e. The van der Waals surface area contributed by atoms with Gasteiger partial charge in [-0.1, -0.05) is 30.1 Å². The van der Waals surface area contributed by atoms with Crippen molar-refractivity contribution in [1.82, 2.24) is 9.97 Å². The van der Waals surface area contributed by atoms with Gasteiger partial charge in [-0.15, -0.1) is 0 Å². The van der Waals surface area contributed by atoms with Gasteiger partial charge in [-0.3, -0.25) is 0 Å². The Balaban J connectivity index is 2.57. The maximum atomic E-state index is 13.1. The Hall–Kier alpha value is -0.710. The Bertz CT molecular complexity index is 605. The van der Waals surface area contributed by atoms with E-state index in [1.807, 2.05) is 6.92 Å². The van der Waals surface area contributed by atoms with Gasteiger partial charge < -0.3 is 0 Å². The van der Waals surface area contributed by atoms with E-state index >= 15 is 0 Å². The molecule has 0 saturated heterocycles. The van der Waals surface area contributed by atoms with Gasteiger partial charge in [-0.05, 0) is 40.5 Å². The first-order valence-corrected chi connectivity index (χ1v) is 6.75. The molecule has 0 aliphatic carbocycles. The lowest BCUT2D eigenvalue weighted by Crippen LogP contribution is -1.97. The van der Waals surface area contributed by atoms with Crippen molar-refractivity contribution in [2.24, 2.45) is 0 Å². The molecule has 0 atom stereocenters. The van der Waals surface area contributed by atoms with E-state index in [0.29, 0.717) is 27.4 Å². The van der Waals surface area contributed by atoms with Crippen molar-refractivity contribution in [3.63, 3.8) is 0 Å². The van der Waals surface area contributed by atoms with Crippen molar-refractivity contribution in [3.05, 3.63) is 44.4 Å². The summed E-state index contributed by atoms with van der Waals surface area (Å²) in [4.78, 5) is 8.52. The first-order chi connectivity index (χ1) is 8.52. The molecule has 0 bridgehead atoms. The molecular weight excluding hydrogens is 342 g/mol. The number of benzene rings is 1. The molecule has 0 aliphatic heterocycles. The lowest BCUT2D eigenvalue weighted by molar-refractivity contribution is 0.628. The van der Waals surface area contributed by atoms with Crippen LogP contribution in [0.4, 0.5) is 4.39 Å². The van der Waals surface area contributed by atoms with E-state index in [1.54, 1.807) is 6.07 Å². The third-order valence-electron chi connectivity index (χ3n) is 2.39. The molecule has 18 heavy (non-hydrogen) atoms. The van der Waals surface area contributed by atoms with E-state index in [1.165, 1.54) is 12.1 Å². The molecule has 1 aromatic carbocycles. The molecule has 2 nitrogen and oxygen atoms in total. The molecule has 0 unspecified atom stereocenters. The number of aryl methyl sites for hydroxylation is 1. The van der Waals surface area contributed by atoms with Crippen LogP contribution in [0.3, 0.4) is 0 Å². The van der Waals surface area contributed by atoms with Crippen molar-refractivity contribution >= 4 is 39.1 Å². The predicted molar refractivity (Wildman–Crippen MR) is 74.5 cm³/mol. The van der Waals surface area contributed by atoms with Gasteiger partial charge >= 0.3 is 0 Å². The quantitative estimate of drug-likeness (QED) is 0.719. The molecule has 1 heterocycles. The van der Waals surface area contributed by atoms with E-state index in [4.69, 9.17) is 23.2 Å². The summed E-state index contributed by atoms with van der Waals surface area (Å²) < 4.78 is 13.8. The van der Waals surface area contributed by atoms with E-state index < -0.39 is 5.82 Å². The van der Waals surface area contributed by atoms with Crippen LogP contribution in [0.25, 0.3) is 11.4 Å². The van der Waals surface area contributed by atoms with Crippen molar-refractivity contribution < 1.29 is 4.39 Å². The molecule has 0 N–H and O–H groups in total. The summed E-state index contributed by atoms with van der Waals surface area (Å²) in [5.74, 6) is -0.0405. The van der Waals surface area contributed by atoms with Crippen LogP contribution in [0.2, 0.25) is 10.2 Å². The van der Waals surface area contributed by atoms with Crippen molar-refractivity contribution in [2.45, 2.75) is 13.3 Å². The molecule has 0 spiro atoms. The smallest absolute Gasteiger partial charge is 0.161 e. The van der Waals surface area contributed by atoms with E-state index in [0.717, 1.165) is 5.69 Å². The van der Waals surface area contributed by atoms with Gasteiger partial charge in [-0.2, -0.15) is 0 Å². The van der Waals surface area contributed by atoms with Gasteiger partial charge in [0.15, 0.2) is 5.82 Å². The number of aromatic nitrogens is 2. The average molecular weight is 350 g/mol. The minimum absolute atomic E-state index is 0.0354. The standard InChI is InChI=1S/C12H8BrCl2FN2/c1-2-9-10(13)11(15)18-12(17-9)6-3-4-8(16)7(14)5-6/h3-5H,2H2,1H3. The second kappa shape index (κ2) is 5.51. The molecule has 2 rings (SSSR count). The van der Waals surface area contributed by atoms with Crippen LogP contribution in [0.15, 0.2) is 22.7 Å². The summed E-state index contributed by atoms with van der Waals surface area (Å²) in [6.07, 6.45) is 0.713. The molecular formula is C12H8BrCl2FN2. The highest BCUT2D eigenvalue weighted by atomic mass is 79.9. The fourth-order valence-electron chi connectivity index (χ4n) is 1.46. The van der Waals surface area contributed by atoms with Gasteiger partial charge in [0.1, 0.15) is 11.0 Å². The van der Waals surface area contributed by atoms with Crippen LogP contribution < -0.4 is 0 Å². The van der Waals surface area contributed by atoms with Gasteiger partial charge in [0.25, 0.3) is 0 Å². The van der Waals surface area contributed by atoms with Gasteiger partial charge in [-0.25, -0.2) is 14.4 Å². The summed E-state index contributed by atoms with van der Waals surface area (Å²) in [6, 6.07) is 4.33. The first-order valence-electron chi connectivity index (χ1n) is 5.20. The zero-order valence-corrected chi connectivity index (χ0v) is 12.4. The van der Waals surface area contributed by atoms with Gasteiger partial charge in [0.2, 0.25) is 0 Å². The summed E-state index contributed by atoms with van der Waals surface area (Å²) in [7, 11) is 0.